The monoisotopic (exact) mass is 377 g/mol. The lowest BCUT2D eigenvalue weighted by atomic mass is 10.2. The maximum Gasteiger partial charge on any atom is 0.313 e. The van der Waals surface area contributed by atoms with Crippen LogP contribution in [0.25, 0.3) is 0 Å². The second kappa shape index (κ2) is 7.87. The van der Waals surface area contributed by atoms with Crippen molar-refractivity contribution >= 4 is 58.4 Å². The number of halogens is 3. The van der Waals surface area contributed by atoms with Crippen molar-refractivity contribution < 1.29 is 9.90 Å². The van der Waals surface area contributed by atoms with Crippen molar-refractivity contribution in [1.29, 1.82) is 0 Å². The Morgan fingerprint density at radius 1 is 1.18 bits per heavy atom. The average molecular weight is 379 g/mol. The predicted molar refractivity (Wildman–Crippen MR) is 89.2 cm³/mol. The molecule has 0 radical (unpaired) electrons. The van der Waals surface area contributed by atoms with E-state index in [4.69, 9.17) is 39.9 Å². The third-order valence-corrected chi connectivity index (χ3v) is 4.22. The number of aromatic nitrogens is 2. The van der Waals surface area contributed by atoms with Gasteiger partial charge in [-0.25, -0.2) is 9.97 Å². The molecule has 1 aromatic heterocycles. The minimum Gasteiger partial charge on any atom is -0.481 e. The molecule has 0 bridgehead atoms. The zero-order chi connectivity index (χ0) is 16.1. The lowest BCUT2D eigenvalue weighted by Gasteiger charge is -2.08. The molecule has 1 heterocycles. The van der Waals surface area contributed by atoms with Crippen molar-refractivity contribution in [3.63, 3.8) is 0 Å². The summed E-state index contributed by atoms with van der Waals surface area (Å²) in [6.07, 6.45) is 0. The lowest BCUT2D eigenvalue weighted by molar-refractivity contribution is -0.133. The van der Waals surface area contributed by atoms with Crippen LogP contribution in [0.2, 0.25) is 15.2 Å². The molecule has 0 aliphatic carbocycles. The lowest BCUT2D eigenvalue weighted by Crippen LogP contribution is -2.04. The molecule has 0 atom stereocenters. The van der Waals surface area contributed by atoms with Gasteiger partial charge in [-0.05, 0) is 17.7 Å². The number of anilines is 1. The first kappa shape index (κ1) is 17.1. The van der Waals surface area contributed by atoms with Crippen molar-refractivity contribution in [2.24, 2.45) is 0 Å². The number of nitrogens with one attached hydrogen (secondary N) is 1. The highest BCUT2D eigenvalue weighted by Crippen LogP contribution is 2.24. The molecular weight excluding hydrogens is 369 g/mol. The fourth-order valence-electron chi connectivity index (χ4n) is 1.52. The van der Waals surface area contributed by atoms with Crippen molar-refractivity contribution in [1.82, 2.24) is 9.97 Å². The number of rotatable bonds is 6. The molecule has 0 saturated heterocycles. The molecule has 2 rings (SSSR count). The Kier molecular flexibility index (Phi) is 6.14. The number of carbonyl (C=O) groups is 1. The van der Waals surface area contributed by atoms with E-state index in [9.17, 15) is 4.79 Å². The fourth-order valence-corrected chi connectivity index (χ4v) is 2.65. The predicted octanol–water partition coefficient (Wildman–Crippen LogP) is 4.23. The smallest absolute Gasteiger partial charge is 0.313 e. The van der Waals surface area contributed by atoms with Gasteiger partial charge in [0.25, 0.3) is 0 Å². The molecule has 0 unspecified atom stereocenters. The van der Waals surface area contributed by atoms with E-state index in [2.05, 4.69) is 15.3 Å². The molecule has 0 aliphatic rings. The summed E-state index contributed by atoms with van der Waals surface area (Å²) in [7, 11) is 0. The molecule has 2 N–H and O–H groups in total. The van der Waals surface area contributed by atoms with Gasteiger partial charge in [-0.2, -0.15) is 0 Å². The van der Waals surface area contributed by atoms with Crippen LogP contribution in [0.3, 0.4) is 0 Å². The normalized spacial score (nSPS) is 10.5. The van der Waals surface area contributed by atoms with E-state index in [0.717, 1.165) is 17.3 Å². The Morgan fingerprint density at radius 3 is 2.64 bits per heavy atom. The van der Waals surface area contributed by atoms with Crippen LogP contribution in [-0.2, 0) is 11.3 Å². The van der Waals surface area contributed by atoms with Gasteiger partial charge in [0.05, 0.1) is 15.8 Å². The third-order valence-electron chi connectivity index (χ3n) is 2.46. The zero-order valence-electron chi connectivity index (χ0n) is 11.0. The highest BCUT2D eigenvalue weighted by molar-refractivity contribution is 7.99. The van der Waals surface area contributed by atoms with E-state index in [1.54, 1.807) is 18.2 Å². The van der Waals surface area contributed by atoms with Crippen molar-refractivity contribution in [2.45, 2.75) is 11.7 Å². The SMILES string of the molecule is O=C(O)CSc1nc(Cl)cc(NCc2ccc(Cl)c(Cl)c2)n1. The van der Waals surface area contributed by atoms with E-state index in [-0.39, 0.29) is 10.9 Å². The van der Waals surface area contributed by atoms with Crippen LogP contribution in [0.15, 0.2) is 29.4 Å². The second-order valence-corrected chi connectivity index (χ2v) is 6.29. The van der Waals surface area contributed by atoms with Gasteiger partial charge >= 0.3 is 5.97 Å². The van der Waals surface area contributed by atoms with Gasteiger partial charge in [-0.1, -0.05) is 52.6 Å². The molecule has 0 saturated carbocycles. The fraction of sp³-hybridized carbons (Fsp3) is 0.154. The minimum atomic E-state index is -0.945. The van der Waals surface area contributed by atoms with E-state index < -0.39 is 5.97 Å². The molecule has 116 valence electrons. The summed E-state index contributed by atoms with van der Waals surface area (Å²) < 4.78 is 0. The molecule has 1 aromatic carbocycles. The van der Waals surface area contributed by atoms with Gasteiger partial charge in [-0.15, -0.1) is 0 Å². The molecule has 2 aromatic rings. The molecular formula is C13H10Cl3N3O2S. The topological polar surface area (TPSA) is 75.1 Å². The Bertz CT molecular complexity index is 700. The number of thioether (sulfide) groups is 1. The molecule has 0 fully saturated rings. The van der Waals surface area contributed by atoms with Crippen molar-refractivity contribution in [3.8, 4) is 0 Å². The van der Waals surface area contributed by atoms with Gasteiger partial charge in [0.1, 0.15) is 11.0 Å². The maximum absolute atomic E-state index is 10.6. The minimum absolute atomic E-state index is 0.132. The van der Waals surface area contributed by atoms with Crippen LogP contribution in [0.1, 0.15) is 5.56 Å². The standard InChI is InChI=1S/C13H10Cl3N3O2S/c14-8-2-1-7(3-9(8)15)5-17-11-4-10(16)18-13(19-11)22-6-12(20)21/h1-4H,5-6H2,(H,20,21)(H,17,18,19). The third kappa shape index (κ3) is 5.21. The van der Waals surface area contributed by atoms with Crippen LogP contribution < -0.4 is 5.32 Å². The van der Waals surface area contributed by atoms with Crippen molar-refractivity contribution in [2.75, 3.05) is 11.1 Å². The summed E-state index contributed by atoms with van der Waals surface area (Å²) >= 11 is 18.7. The van der Waals surface area contributed by atoms with Crippen LogP contribution in [-0.4, -0.2) is 26.8 Å². The van der Waals surface area contributed by atoms with Crippen LogP contribution in [0, 0.1) is 0 Å². The first-order valence-electron chi connectivity index (χ1n) is 6.01. The number of carboxylic acid groups (broad SMARTS) is 1. The summed E-state index contributed by atoms with van der Waals surface area (Å²) in [6, 6.07) is 6.86. The number of aliphatic carboxylic acids is 1. The Labute approximate surface area is 146 Å². The number of nitrogens with zero attached hydrogens (tertiary/aromatic N) is 2. The first-order chi connectivity index (χ1) is 10.4. The average Bonchev–Trinajstić information content (AvgIpc) is 2.46. The summed E-state index contributed by atoms with van der Waals surface area (Å²) in [5, 5.41) is 13.2. The highest BCUT2D eigenvalue weighted by atomic mass is 35.5. The van der Waals surface area contributed by atoms with Crippen LogP contribution in [0.4, 0.5) is 5.82 Å². The van der Waals surface area contributed by atoms with Crippen LogP contribution >= 0.6 is 46.6 Å². The Balaban J connectivity index is 2.05. The molecule has 0 amide bonds. The van der Waals surface area contributed by atoms with Gasteiger partial charge < -0.3 is 10.4 Å². The van der Waals surface area contributed by atoms with Crippen LogP contribution in [0.5, 0.6) is 0 Å². The Hall–Kier alpha value is -1.21. The second-order valence-electron chi connectivity index (χ2n) is 4.14. The molecule has 0 spiro atoms. The summed E-state index contributed by atoms with van der Waals surface area (Å²) in [5.74, 6) is -0.579. The van der Waals surface area contributed by atoms with Gasteiger partial charge in [0, 0.05) is 12.6 Å². The molecule has 22 heavy (non-hydrogen) atoms. The van der Waals surface area contributed by atoms with Gasteiger partial charge in [0.15, 0.2) is 5.16 Å². The highest BCUT2D eigenvalue weighted by Gasteiger charge is 2.07. The van der Waals surface area contributed by atoms with E-state index in [0.29, 0.717) is 27.6 Å². The zero-order valence-corrected chi connectivity index (χ0v) is 14.1. The summed E-state index contributed by atoms with van der Waals surface area (Å²) in [6.45, 7) is 0.466. The number of carboxylic acids is 1. The molecule has 9 heteroatoms. The quantitative estimate of drug-likeness (QED) is 0.445. The number of hydrogen-bond acceptors (Lipinski definition) is 5. The maximum atomic E-state index is 10.6. The number of benzene rings is 1. The van der Waals surface area contributed by atoms with E-state index >= 15 is 0 Å². The molecule has 0 aliphatic heterocycles. The van der Waals surface area contributed by atoms with E-state index in [1.807, 2.05) is 6.07 Å². The van der Waals surface area contributed by atoms with Gasteiger partial charge in [-0.3, -0.25) is 4.79 Å². The summed E-state index contributed by atoms with van der Waals surface area (Å²) in [4.78, 5) is 18.7. The van der Waals surface area contributed by atoms with E-state index in [1.165, 1.54) is 0 Å². The van der Waals surface area contributed by atoms with Gasteiger partial charge in [0.2, 0.25) is 0 Å². The largest absolute Gasteiger partial charge is 0.481 e. The Morgan fingerprint density at radius 2 is 1.95 bits per heavy atom. The summed E-state index contributed by atoms with van der Waals surface area (Å²) in [5.41, 5.74) is 0.920. The molecule has 5 nitrogen and oxygen atoms in total. The number of hydrogen-bond donors (Lipinski definition) is 2. The first-order valence-corrected chi connectivity index (χ1v) is 8.13. The van der Waals surface area contributed by atoms with Crippen molar-refractivity contribution in [3.05, 3.63) is 45.0 Å².